The Labute approximate surface area is 125 Å². The number of amides is 1. The summed E-state index contributed by atoms with van der Waals surface area (Å²) in [5.74, 6) is -0.00431. The molecule has 0 radical (unpaired) electrons. The van der Waals surface area contributed by atoms with Gasteiger partial charge in [0, 0.05) is 11.4 Å². The summed E-state index contributed by atoms with van der Waals surface area (Å²) < 4.78 is 0. The second-order valence-corrected chi connectivity index (χ2v) is 8.36. The van der Waals surface area contributed by atoms with E-state index in [2.05, 4.69) is 39.9 Å². The minimum Gasteiger partial charge on any atom is -0.390 e. The number of anilines is 1. The zero-order valence-electron chi connectivity index (χ0n) is 13.2. The third-order valence-electron chi connectivity index (χ3n) is 3.99. The number of fused-ring (bicyclic) bond motifs is 1. The van der Waals surface area contributed by atoms with Gasteiger partial charge in [0.1, 0.15) is 0 Å². The smallest absolute Gasteiger partial charge is 0.254 e. The molecule has 2 rings (SSSR count). The third kappa shape index (κ3) is 2.71. The first-order valence-corrected chi connectivity index (χ1v) is 8.19. The van der Waals surface area contributed by atoms with Gasteiger partial charge in [-0.15, -0.1) is 11.3 Å². The summed E-state index contributed by atoms with van der Waals surface area (Å²) in [6, 6.07) is 0. The number of hydrogen-bond acceptors (Lipinski definition) is 3. The van der Waals surface area contributed by atoms with Crippen molar-refractivity contribution in [2.75, 3.05) is 12.3 Å². The molecule has 4 heteroatoms. The molecule has 0 saturated heterocycles. The molecule has 0 atom stereocenters. The molecule has 1 aliphatic rings. The van der Waals surface area contributed by atoms with Gasteiger partial charge in [0.05, 0.1) is 10.6 Å². The quantitative estimate of drug-likeness (QED) is 0.892. The molecule has 112 valence electrons. The minimum atomic E-state index is -0.00431. The van der Waals surface area contributed by atoms with E-state index in [0.29, 0.717) is 11.5 Å². The fraction of sp³-hybridized carbons (Fsp3) is 0.688. The summed E-state index contributed by atoms with van der Waals surface area (Å²) in [5, 5.41) is 3.64. The Morgan fingerprint density at radius 1 is 1.35 bits per heavy atom. The average molecular weight is 294 g/mol. The number of carbonyl (C=O) groups is 1. The first kappa shape index (κ1) is 15.4. The van der Waals surface area contributed by atoms with Crippen LogP contribution < -0.4 is 11.1 Å². The highest BCUT2D eigenvalue weighted by atomic mass is 32.1. The van der Waals surface area contributed by atoms with Crippen LogP contribution in [0.1, 0.15) is 68.3 Å². The number of nitrogen functional groups attached to an aromatic ring is 1. The van der Waals surface area contributed by atoms with Gasteiger partial charge >= 0.3 is 0 Å². The topological polar surface area (TPSA) is 55.1 Å². The molecule has 1 aliphatic carbocycles. The molecular weight excluding hydrogens is 268 g/mol. The van der Waals surface area contributed by atoms with Gasteiger partial charge in [-0.25, -0.2) is 0 Å². The zero-order chi connectivity index (χ0) is 15.1. The number of thiophene rings is 1. The van der Waals surface area contributed by atoms with Crippen molar-refractivity contribution in [2.45, 2.75) is 59.3 Å². The van der Waals surface area contributed by atoms with E-state index in [-0.39, 0.29) is 16.7 Å². The van der Waals surface area contributed by atoms with Crippen LogP contribution in [0.3, 0.4) is 0 Å². The Hall–Kier alpha value is -1.03. The summed E-state index contributed by atoms with van der Waals surface area (Å²) in [7, 11) is 0. The molecule has 3 N–H and O–H groups in total. The first-order chi connectivity index (χ1) is 9.18. The molecule has 1 amide bonds. The summed E-state index contributed by atoms with van der Waals surface area (Å²) in [6.45, 7) is 11.8. The summed E-state index contributed by atoms with van der Waals surface area (Å²) in [6.07, 6.45) is 3.01. The van der Waals surface area contributed by atoms with Crippen molar-refractivity contribution in [3.63, 3.8) is 0 Å². The number of carbonyl (C=O) groups excluding carboxylic acids is 1. The SMILES string of the molecule is CCCNC(=O)c1c(N)sc2c1CC(C)(C)CC2(C)C. The number of hydrogen-bond donors (Lipinski definition) is 2. The standard InChI is InChI=1S/C16H26N2OS/c1-6-7-18-14(19)11-10-8-15(2,3)9-16(4,5)12(10)20-13(11)17/h6-9,17H2,1-5H3,(H,18,19). The van der Waals surface area contributed by atoms with Crippen LogP contribution in [-0.4, -0.2) is 12.5 Å². The predicted octanol–water partition coefficient (Wildman–Crippen LogP) is 3.72. The van der Waals surface area contributed by atoms with E-state index < -0.39 is 0 Å². The lowest BCUT2D eigenvalue weighted by Gasteiger charge is -2.40. The zero-order valence-corrected chi connectivity index (χ0v) is 14.0. The summed E-state index contributed by atoms with van der Waals surface area (Å²) in [5.41, 5.74) is 8.39. The molecule has 1 heterocycles. The molecule has 1 aromatic rings. The maximum atomic E-state index is 12.4. The van der Waals surface area contributed by atoms with E-state index in [1.807, 2.05) is 0 Å². The number of rotatable bonds is 3. The van der Waals surface area contributed by atoms with Crippen LogP contribution in [0.25, 0.3) is 0 Å². The summed E-state index contributed by atoms with van der Waals surface area (Å²) in [4.78, 5) is 13.7. The van der Waals surface area contributed by atoms with Crippen molar-refractivity contribution in [3.8, 4) is 0 Å². The van der Waals surface area contributed by atoms with Crippen molar-refractivity contribution in [3.05, 3.63) is 16.0 Å². The fourth-order valence-electron chi connectivity index (χ4n) is 3.59. The largest absolute Gasteiger partial charge is 0.390 e. The molecule has 0 unspecified atom stereocenters. The Morgan fingerprint density at radius 2 is 2.00 bits per heavy atom. The average Bonchev–Trinajstić information content (AvgIpc) is 2.61. The molecule has 0 spiro atoms. The molecule has 0 fully saturated rings. The van der Waals surface area contributed by atoms with Gasteiger partial charge in [-0.05, 0) is 35.7 Å². The van der Waals surface area contributed by atoms with Gasteiger partial charge in [-0.3, -0.25) is 4.79 Å². The van der Waals surface area contributed by atoms with Crippen LogP contribution in [0, 0.1) is 5.41 Å². The highest BCUT2D eigenvalue weighted by molar-refractivity contribution is 7.16. The van der Waals surface area contributed by atoms with Gasteiger partial charge in [0.2, 0.25) is 0 Å². The van der Waals surface area contributed by atoms with Gasteiger partial charge < -0.3 is 11.1 Å². The van der Waals surface area contributed by atoms with E-state index in [9.17, 15) is 4.79 Å². The van der Waals surface area contributed by atoms with Gasteiger partial charge in [0.15, 0.2) is 0 Å². The van der Waals surface area contributed by atoms with Crippen molar-refractivity contribution < 1.29 is 4.79 Å². The summed E-state index contributed by atoms with van der Waals surface area (Å²) >= 11 is 1.60. The maximum Gasteiger partial charge on any atom is 0.254 e. The van der Waals surface area contributed by atoms with Crippen LogP contribution in [0.5, 0.6) is 0 Å². The highest BCUT2D eigenvalue weighted by Crippen LogP contribution is 2.51. The molecule has 20 heavy (non-hydrogen) atoms. The van der Waals surface area contributed by atoms with Crippen molar-refractivity contribution in [1.82, 2.24) is 5.32 Å². The molecule has 0 saturated carbocycles. The molecule has 0 bridgehead atoms. The van der Waals surface area contributed by atoms with Crippen LogP contribution >= 0.6 is 11.3 Å². The predicted molar refractivity (Wildman–Crippen MR) is 86.5 cm³/mol. The third-order valence-corrected chi connectivity index (χ3v) is 5.41. The number of nitrogens with two attached hydrogens (primary N) is 1. The van der Waals surface area contributed by atoms with Crippen LogP contribution in [-0.2, 0) is 11.8 Å². The van der Waals surface area contributed by atoms with Crippen molar-refractivity contribution in [2.24, 2.45) is 5.41 Å². The van der Waals surface area contributed by atoms with E-state index in [1.165, 1.54) is 10.4 Å². The van der Waals surface area contributed by atoms with Crippen LogP contribution in [0.15, 0.2) is 0 Å². The Kier molecular flexibility index (Phi) is 3.89. The van der Waals surface area contributed by atoms with E-state index in [0.717, 1.165) is 24.8 Å². The van der Waals surface area contributed by atoms with Gasteiger partial charge in [0.25, 0.3) is 5.91 Å². The molecule has 1 aromatic heterocycles. The monoisotopic (exact) mass is 294 g/mol. The fourth-order valence-corrected chi connectivity index (χ4v) is 4.78. The van der Waals surface area contributed by atoms with E-state index >= 15 is 0 Å². The van der Waals surface area contributed by atoms with E-state index in [4.69, 9.17) is 5.73 Å². The lowest BCUT2D eigenvalue weighted by Crippen LogP contribution is -2.35. The Morgan fingerprint density at radius 3 is 2.60 bits per heavy atom. The maximum absolute atomic E-state index is 12.4. The Bertz CT molecular complexity index is 529. The second kappa shape index (κ2) is 5.06. The first-order valence-electron chi connectivity index (χ1n) is 7.38. The second-order valence-electron chi connectivity index (χ2n) is 7.31. The van der Waals surface area contributed by atoms with Gasteiger partial charge in [-0.1, -0.05) is 34.6 Å². The molecule has 3 nitrogen and oxygen atoms in total. The van der Waals surface area contributed by atoms with Crippen molar-refractivity contribution in [1.29, 1.82) is 0 Å². The van der Waals surface area contributed by atoms with Crippen LogP contribution in [0.2, 0.25) is 0 Å². The Balaban J connectivity index is 2.47. The lowest BCUT2D eigenvalue weighted by atomic mass is 9.65. The highest BCUT2D eigenvalue weighted by Gasteiger charge is 2.41. The normalized spacial score (nSPS) is 19.4. The van der Waals surface area contributed by atoms with Crippen molar-refractivity contribution >= 4 is 22.2 Å². The van der Waals surface area contributed by atoms with E-state index in [1.54, 1.807) is 11.3 Å². The van der Waals surface area contributed by atoms with Gasteiger partial charge in [-0.2, -0.15) is 0 Å². The molecule has 0 aromatic carbocycles. The number of nitrogens with one attached hydrogen (secondary N) is 1. The molecular formula is C16H26N2OS. The molecule has 0 aliphatic heterocycles. The van der Waals surface area contributed by atoms with Crippen LogP contribution in [0.4, 0.5) is 5.00 Å². The lowest BCUT2D eigenvalue weighted by molar-refractivity contribution is 0.0952. The minimum absolute atomic E-state index is 0.00431.